The predicted molar refractivity (Wildman–Crippen MR) is 71.1 cm³/mol. The summed E-state index contributed by atoms with van der Waals surface area (Å²) in [7, 11) is 1.60. The number of benzene rings is 1. The lowest BCUT2D eigenvalue weighted by atomic mass is 10.1. The largest absolute Gasteiger partial charge is 0.355 e. The molecule has 0 spiro atoms. The Morgan fingerprint density at radius 2 is 2.17 bits per heavy atom. The van der Waals surface area contributed by atoms with Gasteiger partial charge in [-0.3, -0.25) is 9.69 Å². The molecule has 2 bridgehead atoms. The number of anilines is 1. The van der Waals surface area contributed by atoms with E-state index in [0.29, 0.717) is 22.4 Å². The summed E-state index contributed by atoms with van der Waals surface area (Å²) in [4.78, 5) is 21.8. The van der Waals surface area contributed by atoms with Crippen LogP contribution in [0.4, 0.5) is 5.69 Å². The van der Waals surface area contributed by atoms with E-state index in [2.05, 4.69) is 15.3 Å². The molecule has 6 heteroatoms. The van der Waals surface area contributed by atoms with E-state index in [1.165, 1.54) is 0 Å². The molecule has 1 amide bonds. The highest BCUT2D eigenvalue weighted by Gasteiger charge is 2.35. The molecule has 0 radical (unpaired) electrons. The molecule has 0 atom stereocenters. The minimum absolute atomic E-state index is 0.156. The minimum atomic E-state index is -0.156. The number of fused-ring (bicyclic) bond motifs is 2. The van der Waals surface area contributed by atoms with Gasteiger partial charge in [-0.15, -0.1) is 0 Å². The first-order chi connectivity index (χ1) is 8.72. The first kappa shape index (κ1) is 11.0. The number of hydrogen-bond acceptors (Lipinski definition) is 4. The van der Waals surface area contributed by atoms with Gasteiger partial charge in [0.15, 0.2) is 5.84 Å². The third kappa shape index (κ3) is 1.44. The number of amidine groups is 1. The molecule has 0 saturated carbocycles. The second-order valence-corrected chi connectivity index (χ2v) is 4.18. The molecule has 1 N–H and O–H groups in total. The van der Waals surface area contributed by atoms with Crippen molar-refractivity contribution >= 4 is 35.0 Å². The number of halogens is 1. The van der Waals surface area contributed by atoms with Gasteiger partial charge in [-0.2, -0.15) is 4.99 Å². The summed E-state index contributed by atoms with van der Waals surface area (Å²) in [5.74, 6) is 1.01. The molecule has 90 valence electrons. The molecule has 1 aromatic carbocycles. The van der Waals surface area contributed by atoms with Gasteiger partial charge in [0.2, 0.25) is 5.96 Å². The number of nitrogens with one attached hydrogen (secondary N) is 1. The van der Waals surface area contributed by atoms with Crippen molar-refractivity contribution in [3.8, 4) is 0 Å². The number of nitrogens with zero attached hydrogens (tertiary/aromatic N) is 3. The molecule has 1 aromatic rings. The zero-order chi connectivity index (χ0) is 12.7. The Labute approximate surface area is 108 Å². The summed E-state index contributed by atoms with van der Waals surface area (Å²) in [5, 5.41) is 3.08. The molecule has 2 aliphatic heterocycles. The number of carbonyl (C=O) groups is 1. The molecule has 18 heavy (non-hydrogen) atoms. The van der Waals surface area contributed by atoms with Crippen molar-refractivity contribution in [2.75, 3.05) is 11.9 Å². The zero-order valence-corrected chi connectivity index (χ0v) is 10.3. The van der Waals surface area contributed by atoms with Crippen molar-refractivity contribution in [2.45, 2.75) is 0 Å². The highest BCUT2D eigenvalue weighted by Crippen LogP contribution is 2.32. The molecule has 0 fully saturated rings. The molecule has 0 unspecified atom stereocenters. The standard InChI is InChI=1S/C12H9ClN4O/c1-14-11(18)7-4-2-3-5-9(7)17-10-8(13)6-15-12(17)16-10/h2-6H,1H3,(H,14,18). The highest BCUT2D eigenvalue weighted by atomic mass is 35.5. The average Bonchev–Trinajstić information content (AvgIpc) is 2.38. The summed E-state index contributed by atoms with van der Waals surface area (Å²) in [6, 6.07) is 7.25. The Hall–Kier alpha value is -2.14. The summed E-state index contributed by atoms with van der Waals surface area (Å²) >= 11 is 6.00. The summed E-state index contributed by atoms with van der Waals surface area (Å²) in [5.41, 5.74) is 1.29. The van der Waals surface area contributed by atoms with Crippen molar-refractivity contribution in [3.05, 3.63) is 41.1 Å². The van der Waals surface area contributed by atoms with Crippen molar-refractivity contribution in [3.63, 3.8) is 0 Å². The van der Waals surface area contributed by atoms with E-state index in [4.69, 9.17) is 11.6 Å². The van der Waals surface area contributed by atoms with Crippen LogP contribution in [0.3, 0.4) is 0 Å². The molecule has 3 rings (SSSR count). The van der Waals surface area contributed by atoms with Crippen molar-refractivity contribution in [1.29, 1.82) is 0 Å². The number of carbonyl (C=O) groups excluding carboxylic acids is 1. The van der Waals surface area contributed by atoms with Crippen molar-refractivity contribution in [2.24, 2.45) is 9.98 Å². The molecule has 2 heterocycles. The van der Waals surface area contributed by atoms with Gasteiger partial charge < -0.3 is 5.32 Å². The Balaban J connectivity index is 2.06. The van der Waals surface area contributed by atoms with E-state index in [0.717, 1.165) is 5.69 Å². The van der Waals surface area contributed by atoms with Crippen LogP contribution < -0.4 is 10.2 Å². The van der Waals surface area contributed by atoms with Gasteiger partial charge >= 0.3 is 0 Å². The van der Waals surface area contributed by atoms with Crippen LogP contribution in [0, 0.1) is 0 Å². The van der Waals surface area contributed by atoms with Crippen LogP contribution in [0.25, 0.3) is 0 Å². The van der Waals surface area contributed by atoms with Gasteiger partial charge in [0.05, 0.1) is 17.5 Å². The Morgan fingerprint density at radius 3 is 2.83 bits per heavy atom. The maximum atomic E-state index is 11.8. The summed E-state index contributed by atoms with van der Waals surface area (Å²) in [6.07, 6.45) is 1.55. The van der Waals surface area contributed by atoms with Gasteiger partial charge in [0.1, 0.15) is 5.03 Å². The third-order valence-electron chi connectivity index (χ3n) is 2.74. The Morgan fingerprint density at radius 1 is 1.39 bits per heavy atom. The molecule has 5 nitrogen and oxygen atoms in total. The molecule has 0 aromatic heterocycles. The van der Waals surface area contributed by atoms with E-state index < -0.39 is 0 Å². The van der Waals surface area contributed by atoms with E-state index in [-0.39, 0.29) is 5.91 Å². The minimum Gasteiger partial charge on any atom is -0.355 e. The lowest BCUT2D eigenvalue weighted by Gasteiger charge is -2.35. The van der Waals surface area contributed by atoms with Crippen LogP contribution in [0.15, 0.2) is 45.5 Å². The second-order valence-electron chi connectivity index (χ2n) is 3.77. The van der Waals surface area contributed by atoms with E-state index in [9.17, 15) is 4.79 Å². The van der Waals surface area contributed by atoms with Crippen LogP contribution in [0.5, 0.6) is 0 Å². The fourth-order valence-corrected chi connectivity index (χ4v) is 2.06. The molecule has 0 saturated heterocycles. The Kier molecular flexibility index (Phi) is 2.41. The topological polar surface area (TPSA) is 57.1 Å². The van der Waals surface area contributed by atoms with Gasteiger partial charge in [-0.05, 0) is 12.1 Å². The average molecular weight is 261 g/mol. The lowest BCUT2D eigenvalue weighted by molar-refractivity contribution is 0.0964. The monoisotopic (exact) mass is 260 g/mol. The third-order valence-corrected chi connectivity index (χ3v) is 3.01. The van der Waals surface area contributed by atoms with Crippen molar-refractivity contribution in [1.82, 2.24) is 5.32 Å². The first-order valence-electron chi connectivity index (χ1n) is 5.36. The fraction of sp³-hybridized carbons (Fsp3) is 0.0833. The maximum absolute atomic E-state index is 11.8. The molecule has 2 aliphatic rings. The normalized spacial score (nSPS) is 16.3. The number of hydrogen-bond donors (Lipinski definition) is 1. The summed E-state index contributed by atoms with van der Waals surface area (Å²) in [6.45, 7) is 0. The lowest BCUT2D eigenvalue weighted by Crippen LogP contribution is -2.48. The number of rotatable bonds is 2. The number of guanidine groups is 1. The maximum Gasteiger partial charge on any atom is 0.253 e. The highest BCUT2D eigenvalue weighted by molar-refractivity contribution is 6.53. The van der Waals surface area contributed by atoms with Crippen LogP contribution in [-0.4, -0.2) is 24.8 Å². The van der Waals surface area contributed by atoms with Crippen LogP contribution in [-0.2, 0) is 0 Å². The van der Waals surface area contributed by atoms with E-state index in [1.54, 1.807) is 24.2 Å². The summed E-state index contributed by atoms with van der Waals surface area (Å²) < 4.78 is 0. The SMILES string of the molecule is CNC(=O)c1ccccc1N1c2ncc(Cl)c1n2. The number of amides is 1. The quantitative estimate of drug-likeness (QED) is 0.880. The van der Waals surface area contributed by atoms with Gasteiger partial charge in [0, 0.05) is 7.05 Å². The van der Waals surface area contributed by atoms with Gasteiger partial charge in [-0.25, -0.2) is 4.99 Å². The molecule has 0 aliphatic carbocycles. The van der Waals surface area contributed by atoms with E-state index in [1.807, 2.05) is 18.2 Å². The molecular formula is C12H9ClN4O. The first-order valence-corrected chi connectivity index (χ1v) is 5.74. The van der Waals surface area contributed by atoms with Gasteiger partial charge in [-0.1, -0.05) is 23.7 Å². The predicted octanol–water partition coefficient (Wildman–Crippen LogP) is 1.71. The number of para-hydroxylation sites is 1. The number of aliphatic imine (C=N–C) groups is 2. The molecular weight excluding hydrogens is 252 g/mol. The van der Waals surface area contributed by atoms with Crippen LogP contribution in [0.1, 0.15) is 10.4 Å². The van der Waals surface area contributed by atoms with E-state index >= 15 is 0 Å². The van der Waals surface area contributed by atoms with Crippen molar-refractivity contribution < 1.29 is 4.79 Å². The zero-order valence-electron chi connectivity index (χ0n) is 9.51. The Bertz CT molecular complexity index is 630. The van der Waals surface area contributed by atoms with Gasteiger partial charge in [0.25, 0.3) is 5.91 Å². The van der Waals surface area contributed by atoms with Crippen LogP contribution in [0.2, 0.25) is 0 Å². The second kappa shape index (κ2) is 3.96. The fourth-order valence-electron chi connectivity index (χ4n) is 1.88. The smallest absolute Gasteiger partial charge is 0.253 e. The van der Waals surface area contributed by atoms with Crippen LogP contribution >= 0.6 is 11.6 Å².